The third kappa shape index (κ3) is 3.47. The first-order chi connectivity index (χ1) is 10.5. The third-order valence-electron chi connectivity index (χ3n) is 2.72. The summed E-state index contributed by atoms with van der Waals surface area (Å²) in [7, 11) is 1.47. The van der Waals surface area contributed by atoms with Crippen LogP contribution in [0.1, 0.15) is 10.5 Å². The number of carboxylic acid groups (broad SMARTS) is 1. The van der Waals surface area contributed by atoms with E-state index in [0.717, 1.165) is 4.68 Å². The summed E-state index contributed by atoms with van der Waals surface area (Å²) in [6, 6.07) is 5.19. The van der Waals surface area contributed by atoms with Gasteiger partial charge in [-0.2, -0.15) is 5.10 Å². The summed E-state index contributed by atoms with van der Waals surface area (Å²) in [5.41, 5.74) is -1.12. The Morgan fingerprint density at radius 2 is 2.00 bits per heavy atom. The number of hydrogen-bond acceptors (Lipinski definition) is 5. The van der Waals surface area contributed by atoms with Crippen LogP contribution < -0.4 is 10.2 Å². The van der Waals surface area contributed by atoms with Gasteiger partial charge in [0.15, 0.2) is 5.75 Å². The summed E-state index contributed by atoms with van der Waals surface area (Å²) in [5.74, 6) is -2.09. The highest BCUT2D eigenvalue weighted by atomic mass is 19.1. The Balaban J connectivity index is 2.47. The zero-order valence-electron chi connectivity index (χ0n) is 11.7. The molecule has 1 heterocycles. The Kier molecular flexibility index (Phi) is 4.84. The van der Waals surface area contributed by atoms with Crippen molar-refractivity contribution in [3.63, 3.8) is 0 Å². The van der Waals surface area contributed by atoms with Gasteiger partial charge in [0.2, 0.25) is 5.69 Å². The quantitative estimate of drug-likeness (QED) is 0.804. The number of aromatic nitrogens is 2. The number of carboxylic acids is 1. The molecule has 0 radical (unpaired) electrons. The van der Waals surface area contributed by atoms with E-state index >= 15 is 0 Å². The van der Waals surface area contributed by atoms with Crippen molar-refractivity contribution >= 4 is 5.97 Å². The van der Waals surface area contributed by atoms with Gasteiger partial charge < -0.3 is 14.6 Å². The summed E-state index contributed by atoms with van der Waals surface area (Å²) in [4.78, 5) is 23.1. The van der Waals surface area contributed by atoms with Crippen LogP contribution >= 0.6 is 0 Å². The normalized spacial score (nSPS) is 10.5. The van der Waals surface area contributed by atoms with Crippen LogP contribution in [0.4, 0.5) is 4.39 Å². The molecule has 0 spiro atoms. The summed E-state index contributed by atoms with van der Waals surface area (Å²) in [6.45, 7) is 0.318. The van der Waals surface area contributed by atoms with E-state index in [1.807, 2.05) is 0 Å². The minimum Gasteiger partial charge on any atom is -0.485 e. The molecule has 2 rings (SSSR count). The second-order valence-corrected chi connectivity index (χ2v) is 4.24. The van der Waals surface area contributed by atoms with Crippen LogP contribution in [0.3, 0.4) is 0 Å². The lowest BCUT2D eigenvalue weighted by Crippen LogP contribution is -2.24. The number of carbonyl (C=O) groups is 1. The molecule has 0 saturated heterocycles. The zero-order valence-corrected chi connectivity index (χ0v) is 11.7. The number of hydrogen-bond donors (Lipinski definition) is 1. The minimum absolute atomic E-state index is 0.0816. The predicted octanol–water partition coefficient (Wildman–Crippen LogP) is 1.09. The fourth-order valence-electron chi connectivity index (χ4n) is 1.67. The Morgan fingerprint density at radius 3 is 2.59 bits per heavy atom. The maximum Gasteiger partial charge on any atom is 0.360 e. The molecular weight excluding hydrogens is 295 g/mol. The van der Waals surface area contributed by atoms with Crippen LogP contribution in [0, 0.1) is 5.82 Å². The van der Waals surface area contributed by atoms with E-state index in [-0.39, 0.29) is 19.0 Å². The molecule has 2 aromatic rings. The van der Waals surface area contributed by atoms with E-state index in [4.69, 9.17) is 14.6 Å². The Hall–Kier alpha value is -2.74. The maximum atomic E-state index is 12.9. The van der Waals surface area contributed by atoms with Crippen LogP contribution in [-0.4, -0.2) is 41.2 Å². The van der Waals surface area contributed by atoms with Crippen molar-refractivity contribution in [1.29, 1.82) is 0 Å². The molecule has 7 nitrogen and oxygen atoms in total. The Morgan fingerprint density at radius 1 is 1.32 bits per heavy atom. The number of rotatable bonds is 6. The lowest BCUT2D eigenvalue weighted by Gasteiger charge is -2.10. The summed E-state index contributed by atoms with van der Waals surface area (Å²) >= 11 is 0. The van der Waals surface area contributed by atoms with Gasteiger partial charge in [-0.3, -0.25) is 4.79 Å². The standard InChI is InChI=1S/C14H13FN2O5/c1-21-6-7-22-11-8-17(10-4-2-9(15)3-5-10)16-12(13(11)18)14(19)20/h2-5,8H,6-7H2,1H3,(H,19,20). The first-order valence-corrected chi connectivity index (χ1v) is 6.28. The van der Waals surface area contributed by atoms with Crippen LogP contribution in [-0.2, 0) is 4.74 Å². The molecule has 0 unspecified atom stereocenters. The second-order valence-electron chi connectivity index (χ2n) is 4.24. The molecule has 0 aliphatic carbocycles. The van der Waals surface area contributed by atoms with Crippen molar-refractivity contribution in [3.05, 3.63) is 52.2 Å². The Bertz CT molecular complexity index is 727. The number of ether oxygens (including phenoxy) is 2. The minimum atomic E-state index is -1.47. The summed E-state index contributed by atoms with van der Waals surface area (Å²) in [5, 5.41) is 12.8. The van der Waals surface area contributed by atoms with Gasteiger partial charge in [0.1, 0.15) is 12.4 Å². The first-order valence-electron chi connectivity index (χ1n) is 6.28. The third-order valence-corrected chi connectivity index (χ3v) is 2.72. The monoisotopic (exact) mass is 308 g/mol. The molecule has 1 N–H and O–H groups in total. The van der Waals surface area contributed by atoms with E-state index in [0.29, 0.717) is 5.69 Å². The van der Waals surface area contributed by atoms with Crippen LogP contribution in [0.5, 0.6) is 5.75 Å². The topological polar surface area (TPSA) is 90.7 Å². The molecule has 0 aliphatic heterocycles. The molecule has 0 fully saturated rings. The average molecular weight is 308 g/mol. The van der Waals surface area contributed by atoms with Gasteiger partial charge in [0.05, 0.1) is 18.5 Å². The van der Waals surface area contributed by atoms with Gasteiger partial charge in [-0.25, -0.2) is 13.9 Å². The number of halogens is 1. The highest BCUT2D eigenvalue weighted by Crippen LogP contribution is 2.11. The number of aromatic carboxylic acids is 1. The maximum absolute atomic E-state index is 12.9. The summed E-state index contributed by atoms with van der Waals surface area (Å²) < 4.78 is 24.1. The Labute approximate surface area is 124 Å². The van der Waals surface area contributed by atoms with Crippen LogP contribution in [0.2, 0.25) is 0 Å². The van der Waals surface area contributed by atoms with Gasteiger partial charge in [-0.15, -0.1) is 0 Å². The first kappa shape index (κ1) is 15.6. The smallest absolute Gasteiger partial charge is 0.360 e. The number of benzene rings is 1. The lowest BCUT2D eigenvalue weighted by atomic mass is 10.3. The predicted molar refractivity (Wildman–Crippen MR) is 74.1 cm³/mol. The summed E-state index contributed by atoms with van der Waals surface area (Å²) in [6.07, 6.45) is 1.25. The molecule has 116 valence electrons. The van der Waals surface area contributed by atoms with Crippen molar-refractivity contribution < 1.29 is 23.8 Å². The van der Waals surface area contributed by atoms with Crippen LogP contribution in [0.25, 0.3) is 5.69 Å². The molecule has 1 aromatic heterocycles. The van der Waals surface area contributed by atoms with E-state index in [9.17, 15) is 14.0 Å². The second kappa shape index (κ2) is 6.81. The van der Waals surface area contributed by atoms with Crippen molar-refractivity contribution in [2.45, 2.75) is 0 Å². The van der Waals surface area contributed by atoms with Crippen molar-refractivity contribution in [2.24, 2.45) is 0 Å². The van der Waals surface area contributed by atoms with Gasteiger partial charge >= 0.3 is 5.97 Å². The molecule has 22 heavy (non-hydrogen) atoms. The largest absolute Gasteiger partial charge is 0.485 e. The molecule has 0 atom stereocenters. The van der Waals surface area contributed by atoms with Gasteiger partial charge in [-0.05, 0) is 24.3 Å². The van der Waals surface area contributed by atoms with Gasteiger partial charge in [0, 0.05) is 7.11 Å². The molecule has 0 bridgehead atoms. The van der Waals surface area contributed by atoms with E-state index in [1.54, 1.807) is 0 Å². The van der Waals surface area contributed by atoms with Crippen molar-refractivity contribution in [3.8, 4) is 11.4 Å². The molecule has 8 heteroatoms. The highest BCUT2D eigenvalue weighted by Gasteiger charge is 2.17. The fourth-order valence-corrected chi connectivity index (χ4v) is 1.67. The van der Waals surface area contributed by atoms with Gasteiger partial charge in [0.25, 0.3) is 5.43 Å². The number of methoxy groups -OCH3 is 1. The number of nitrogens with zero attached hydrogens (tertiary/aromatic N) is 2. The van der Waals surface area contributed by atoms with Crippen molar-refractivity contribution in [1.82, 2.24) is 9.78 Å². The molecule has 0 amide bonds. The lowest BCUT2D eigenvalue weighted by molar-refractivity contribution is 0.0685. The SMILES string of the molecule is COCCOc1cn(-c2ccc(F)cc2)nc(C(=O)O)c1=O. The van der Waals surface area contributed by atoms with Crippen LogP contribution in [0.15, 0.2) is 35.3 Å². The molecule has 1 aromatic carbocycles. The average Bonchev–Trinajstić information content (AvgIpc) is 2.49. The fraction of sp³-hybridized carbons (Fsp3) is 0.214. The van der Waals surface area contributed by atoms with Gasteiger partial charge in [-0.1, -0.05) is 0 Å². The van der Waals surface area contributed by atoms with E-state index in [2.05, 4.69) is 5.10 Å². The van der Waals surface area contributed by atoms with E-state index in [1.165, 1.54) is 37.6 Å². The molecular formula is C14H13FN2O5. The zero-order chi connectivity index (χ0) is 16.1. The van der Waals surface area contributed by atoms with Crippen molar-refractivity contribution in [2.75, 3.05) is 20.3 Å². The molecule has 0 saturated carbocycles. The van der Waals surface area contributed by atoms with E-state index < -0.39 is 22.9 Å². The molecule has 0 aliphatic rings. The highest BCUT2D eigenvalue weighted by molar-refractivity contribution is 5.85.